The van der Waals surface area contributed by atoms with Crippen molar-refractivity contribution in [1.29, 1.82) is 0 Å². The lowest BCUT2D eigenvalue weighted by molar-refractivity contribution is 0.692. The number of rotatable bonds is 5. The fourth-order valence-electron chi connectivity index (χ4n) is 2.22. The van der Waals surface area contributed by atoms with Gasteiger partial charge in [-0.2, -0.15) is 0 Å². The summed E-state index contributed by atoms with van der Waals surface area (Å²) in [5, 5.41) is 2.21. The number of thiophene rings is 2. The summed E-state index contributed by atoms with van der Waals surface area (Å²) in [4.78, 5) is 4.63. The van der Waals surface area contributed by atoms with Gasteiger partial charge in [0.1, 0.15) is 0 Å². The molecule has 18 heavy (non-hydrogen) atoms. The molecule has 1 atom stereocenters. The van der Waals surface area contributed by atoms with Gasteiger partial charge < -0.3 is 0 Å². The van der Waals surface area contributed by atoms with Crippen LogP contribution in [0, 0.1) is 6.92 Å². The first kappa shape index (κ1) is 13.8. The van der Waals surface area contributed by atoms with E-state index in [9.17, 15) is 0 Å². The monoisotopic (exact) mass is 278 g/mol. The van der Waals surface area contributed by atoms with Crippen molar-refractivity contribution >= 4 is 22.7 Å². The van der Waals surface area contributed by atoms with Crippen LogP contribution in [0.2, 0.25) is 0 Å². The van der Waals surface area contributed by atoms with Crippen molar-refractivity contribution < 1.29 is 0 Å². The van der Waals surface area contributed by atoms with Gasteiger partial charge in [0, 0.05) is 14.6 Å². The van der Waals surface area contributed by atoms with Crippen molar-refractivity contribution in [3.8, 4) is 0 Å². The Morgan fingerprint density at radius 3 is 2.44 bits per heavy atom. The van der Waals surface area contributed by atoms with Gasteiger partial charge in [-0.3, -0.25) is 0 Å². The lowest BCUT2D eigenvalue weighted by Crippen LogP contribution is -1.94. The van der Waals surface area contributed by atoms with Crippen LogP contribution in [-0.2, 0) is 6.42 Å². The van der Waals surface area contributed by atoms with E-state index in [0.29, 0.717) is 11.8 Å². The molecule has 0 radical (unpaired) electrons. The van der Waals surface area contributed by atoms with Gasteiger partial charge in [0.25, 0.3) is 0 Å². The molecule has 2 aromatic rings. The van der Waals surface area contributed by atoms with E-state index in [1.165, 1.54) is 23.3 Å². The minimum Gasteiger partial charge on any atom is -0.148 e. The SMILES string of the molecule is Cc1ccsc1C(C)CCc1ccc(C(C)C)s1. The van der Waals surface area contributed by atoms with E-state index in [2.05, 4.69) is 51.3 Å². The van der Waals surface area contributed by atoms with Gasteiger partial charge >= 0.3 is 0 Å². The molecular weight excluding hydrogens is 256 g/mol. The lowest BCUT2D eigenvalue weighted by atomic mass is 10.0. The Balaban J connectivity index is 1.93. The molecule has 0 aliphatic heterocycles. The topological polar surface area (TPSA) is 0 Å². The average molecular weight is 278 g/mol. The fraction of sp³-hybridized carbons (Fsp3) is 0.500. The first-order valence-corrected chi connectivity index (χ1v) is 8.40. The van der Waals surface area contributed by atoms with E-state index in [-0.39, 0.29) is 0 Å². The van der Waals surface area contributed by atoms with Crippen LogP contribution in [0.3, 0.4) is 0 Å². The largest absolute Gasteiger partial charge is 0.148 e. The number of hydrogen-bond acceptors (Lipinski definition) is 2. The summed E-state index contributed by atoms with van der Waals surface area (Å²) in [6, 6.07) is 6.85. The lowest BCUT2D eigenvalue weighted by Gasteiger charge is -2.09. The molecule has 2 heterocycles. The van der Waals surface area contributed by atoms with Gasteiger partial charge in [-0.05, 0) is 60.7 Å². The van der Waals surface area contributed by atoms with Crippen molar-refractivity contribution in [2.45, 2.75) is 52.4 Å². The molecular formula is C16H22S2. The molecule has 0 nitrogen and oxygen atoms in total. The second kappa shape index (κ2) is 6.03. The normalized spacial score (nSPS) is 13.2. The van der Waals surface area contributed by atoms with Crippen molar-refractivity contribution in [3.63, 3.8) is 0 Å². The first-order valence-electron chi connectivity index (χ1n) is 6.70. The Labute approximate surface area is 119 Å². The molecule has 0 aromatic carbocycles. The smallest absolute Gasteiger partial charge is 0.0103 e. The van der Waals surface area contributed by atoms with Crippen LogP contribution in [0.5, 0.6) is 0 Å². The molecule has 0 amide bonds. The Bertz CT molecular complexity index is 491. The van der Waals surface area contributed by atoms with E-state index in [4.69, 9.17) is 0 Å². The third kappa shape index (κ3) is 3.24. The van der Waals surface area contributed by atoms with E-state index < -0.39 is 0 Å². The molecule has 0 fully saturated rings. The molecule has 1 unspecified atom stereocenters. The first-order chi connectivity index (χ1) is 8.58. The summed E-state index contributed by atoms with van der Waals surface area (Å²) in [5.41, 5.74) is 1.46. The molecule has 0 aliphatic carbocycles. The zero-order valence-electron chi connectivity index (χ0n) is 11.7. The molecule has 2 rings (SSSR count). The molecule has 0 saturated carbocycles. The summed E-state index contributed by atoms with van der Waals surface area (Å²) in [7, 11) is 0. The van der Waals surface area contributed by atoms with Crippen LogP contribution in [0.1, 0.15) is 59.2 Å². The van der Waals surface area contributed by atoms with E-state index in [1.807, 2.05) is 22.7 Å². The minimum atomic E-state index is 0.667. The van der Waals surface area contributed by atoms with Crippen LogP contribution in [0.15, 0.2) is 23.6 Å². The third-order valence-corrected chi connectivity index (χ3v) is 6.12. The maximum Gasteiger partial charge on any atom is 0.0103 e. The van der Waals surface area contributed by atoms with Gasteiger partial charge in [-0.15, -0.1) is 22.7 Å². The molecule has 0 spiro atoms. The average Bonchev–Trinajstić information content (AvgIpc) is 2.94. The van der Waals surface area contributed by atoms with E-state index >= 15 is 0 Å². The number of hydrogen-bond donors (Lipinski definition) is 0. The molecule has 0 N–H and O–H groups in total. The summed E-state index contributed by atoms with van der Waals surface area (Å²) in [6.45, 7) is 9.13. The minimum absolute atomic E-state index is 0.667. The zero-order chi connectivity index (χ0) is 13.1. The summed E-state index contributed by atoms with van der Waals surface area (Å²) >= 11 is 3.89. The molecule has 2 aromatic heterocycles. The summed E-state index contributed by atoms with van der Waals surface area (Å²) < 4.78 is 0. The van der Waals surface area contributed by atoms with Crippen molar-refractivity contribution in [3.05, 3.63) is 43.8 Å². The summed E-state index contributed by atoms with van der Waals surface area (Å²) in [5.74, 6) is 1.36. The Morgan fingerprint density at radius 1 is 1.11 bits per heavy atom. The van der Waals surface area contributed by atoms with Gasteiger partial charge in [0.2, 0.25) is 0 Å². The van der Waals surface area contributed by atoms with Gasteiger partial charge in [0.05, 0.1) is 0 Å². The van der Waals surface area contributed by atoms with Crippen molar-refractivity contribution in [1.82, 2.24) is 0 Å². The Morgan fingerprint density at radius 2 is 1.89 bits per heavy atom. The van der Waals surface area contributed by atoms with Crippen LogP contribution in [0.25, 0.3) is 0 Å². The summed E-state index contributed by atoms with van der Waals surface area (Å²) in [6.07, 6.45) is 2.48. The molecule has 98 valence electrons. The van der Waals surface area contributed by atoms with Crippen molar-refractivity contribution in [2.75, 3.05) is 0 Å². The van der Waals surface area contributed by atoms with Crippen LogP contribution >= 0.6 is 22.7 Å². The predicted octanol–water partition coefficient (Wildman–Crippen LogP) is 5.98. The molecule has 0 saturated heterocycles. The maximum absolute atomic E-state index is 2.36. The second-order valence-corrected chi connectivity index (χ2v) is 7.51. The van der Waals surface area contributed by atoms with Gasteiger partial charge in [-0.25, -0.2) is 0 Å². The highest BCUT2D eigenvalue weighted by molar-refractivity contribution is 7.12. The van der Waals surface area contributed by atoms with Crippen LogP contribution in [0.4, 0.5) is 0 Å². The van der Waals surface area contributed by atoms with Gasteiger partial charge in [-0.1, -0.05) is 20.8 Å². The molecule has 0 bridgehead atoms. The second-order valence-electron chi connectivity index (χ2n) is 5.37. The standard InChI is InChI=1S/C16H22S2/c1-11(2)15-8-7-14(18-15)6-5-12(3)16-13(4)9-10-17-16/h7-12H,5-6H2,1-4H3. The fourth-order valence-corrected chi connectivity index (χ4v) is 4.27. The molecule has 0 aliphatic rings. The van der Waals surface area contributed by atoms with Gasteiger partial charge in [0.15, 0.2) is 0 Å². The quantitative estimate of drug-likeness (QED) is 0.631. The zero-order valence-corrected chi connectivity index (χ0v) is 13.3. The van der Waals surface area contributed by atoms with E-state index in [1.54, 1.807) is 9.75 Å². The van der Waals surface area contributed by atoms with E-state index in [0.717, 1.165) is 0 Å². The van der Waals surface area contributed by atoms with Crippen LogP contribution in [-0.4, -0.2) is 0 Å². The highest BCUT2D eigenvalue weighted by Gasteiger charge is 2.11. The highest BCUT2D eigenvalue weighted by Crippen LogP contribution is 2.31. The Kier molecular flexibility index (Phi) is 4.63. The predicted molar refractivity (Wildman–Crippen MR) is 84.2 cm³/mol. The third-order valence-electron chi connectivity index (χ3n) is 3.42. The maximum atomic E-state index is 2.36. The highest BCUT2D eigenvalue weighted by atomic mass is 32.1. The molecule has 2 heteroatoms. The van der Waals surface area contributed by atoms with Crippen molar-refractivity contribution in [2.24, 2.45) is 0 Å². The number of aryl methyl sites for hydroxylation is 2. The Hall–Kier alpha value is -0.600. The van der Waals surface area contributed by atoms with Crippen LogP contribution < -0.4 is 0 Å².